The Bertz CT molecular complexity index is 550. The lowest BCUT2D eigenvalue weighted by molar-refractivity contribution is 0.340. The van der Waals surface area contributed by atoms with E-state index in [-0.39, 0.29) is 11.6 Å². The Morgan fingerprint density at radius 1 is 0.792 bits per heavy atom. The van der Waals surface area contributed by atoms with E-state index in [9.17, 15) is 0 Å². The Kier molecular flexibility index (Phi) is 10.1. The molecule has 0 spiro atoms. The summed E-state index contributed by atoms with van der Waals surface area (Å²) in [5.74, 6) is 1.69. The van der Waals surface area contributed by atoms with Gasteiger partial charge in [0.25, 0.3) is 0 Å². The highest BCUT2D eigenvalue weighted by Crippen LogP contribution is 2.18. The van der Waals surface area contributed by atoms with Gasteiger partial charge in [-0.25, -0.2) is 0 Å². The Balaban J connectivity index is 0.00000264. The molecule has 0 aliphatic rings. The molecule has 0 fully saturated rings. The molecule has 0 bridgehead atoms. The fourth-order valence-corrected chi connectivity index (χ4v) is 2.13. The average molecular weight is 351 g/mol. The van der Waals surface area contributed by atoms with E-state index in [0.29, 0.717) is 18.3 Å². The van der Waals surface area contributed by atoms with E-state index in [1.54, 1.807) is 0 Å². The number of rotatable bonds is 6. The summed E-state index contributed by atoms with van der Waals surface area (Å²) in [6.45, 7) is 5.24. The summed E-state index contributed by atoms with van der Waals surface area (Å²) in [5, 5.41) is 6.80. The van der Waals surface area contributed by atoms with E-state index in [0.717, 1.165) is 22.9 Å². The van der Waals surface area contributed by atoms with Crippen LogP contribution < -0.4 is 26.3 Å². The number of benzene rings is 2. The minimum absolute atomic E-state index is 0. The molecule has 2 rings (SSSR count). The van der Waals surface area contributed by atoms with Gasteiger partial charge in [-0.2, -0.15) is 0 Å². The minimum atomic E-state index is 0. The maximum absolute atomic E-state index is 5.40. The largest absolute Gasteiger partial charge is 0.494 e. The molecule has 7 heteroatoms. The third kappa shape index (κ3) is 6.82. The van der Waals surface area contributed by atoms with Gasteiger partial charge in [0.2, 0.25) is 0 Å². The maximum Gasteiger partial charge on any atom is 0.175 e. The molecule has 0 heterocycles. The minimum Gasteiger partial charge on any atom is -0.494 e. The van der Waals surface area contributed by atoms with Gasteiger partial charge in [-0.05, 0) is 74.6 Å². The number of hydrogen-bond donors (Lipinski definition) is 3. The van der Waals surface area contributed by atoms with Gasteiger partial charge in [-0.15, -0.1) is 0 Å². The van der Waals surface area contributed by atoms with Gasteiger partial charge in [0, 0.05) is 11.4 Å². The van der Waals surface area contributed by atoms with Crippen molar-refractivity contribution in [1.29, 1.82) is 0 Å². The van der Waals surface area contributed by atoms with Crippen LogP contribution in [0.5, 0.6) is 11.5 Å². The zero-order chi connectivity index (χ0) is 15.8. The quantitative estimate of drug-likeness (QED) is 0.686. The zero-order valence-electron chi connectivity index (χ0n) is 14.0. The van der Waals surface area contributed by atoms with Gasteiger partial charge in [0.15, 0.2) is 5.11 Å². The van der Waals surface area contributed by atoms with Crippen molar-refractivity contribution >= 4 is 28.7 Å². The van der Waals surface area contributed by atoms with Crippen LogP contribution in [-0.4, -0.2) is 23.8 Å². The van der Waals surface area contributed by atoms with Crippen molar-refractivity contribution in [3.63, 3.8) is 0 Å². The van der Waals surface area contributed by atoms with Crippen molar-refractivity contribution in [2.75, 3.05) is 23.8 Å². The van der Waals surface area contributed by atoms with E-state index >= 15 is 0 Å². The second-order valence-corrected chi connectivity index (χ2v) is 4.90. The second-order valence-electron chi connectivity index (χ2n) is 4.49. The average Bonchev–Trinajstić information content (AvgIpc) is 2.52. The molecule has 0 aliphatic heterocycles. The van der Waals surface area contributed by atoms with Crippen LogP contribution in [0.4, 0.5) is 11.4 Å². The van der Waals surface area contributed by atoms with Crippen molar-refractivity contribution in [1.82, 2.24) is 6.15 Å². The van der Waals surface area contributed by atoms with Crippen LogP contribution in [0.15, 0.2) is 48.5 Å². The molecule has 0 aromatic heterocycles. The van der Waals surface area contributed by atoms with Crippen molar-refractivity contribution < 1.29 is 14.9 Å². The summed E-state index contributed by atoms with van der Waals surface area (Å²) >= 11 is 5.30. The monoisotopic (exact) mass is 351 g/mol. The fourth-order valence-electron chi connectivity index (χ4n) is 1.90. The highest BCUT2D eigenvalue weighted by atomic mass is 32.1. The van der Waals surface area contributed by atoms with Crippen LogP contribution in [-0.2, 0) is 0 Å². The van der Waals surface area contributed by atoms with Crippen LogP contribution in [0, 0.1) is 0 Å². The van der Waals surface area contributed by atoms with E-state index < -0.39 is 0 Å². The van der Waals surface area contributed by atoms with Crippen LogP contribution in [0.3, 0.4) is 0 Å². The molecule has 0 atom stereocenters. The lowest BCUT2D eigenvalue weighted by Gasteiger charge is -2.12. The van der Waals surface area contributed by atoms with Crippen molar-refractivity contribution in [3.05, 3.63) is 48.5 Å². The number of ether oxygens (including phenoxy) is 2. The van der Waals surface area contributed by atoms with Crippen molar-refractivity contribution in [2.24, 2.45) is 0 Å². The predicted octanol–water partition coefficient (Wildman–Crippen LogP) is 3.63. The van der Waals surface area contributed by atoms with Gasteiger partial charge in [-0.3, -0.25) is 0 Å². The molecule has 0 unspecified atom stereocenters. The molecule has 2 aromatic carbocycles. The Morgan fingerprint density at radius 2 is 1.12 bits per heavy atom. The second kappa shape index (κ2) is 11.2. The van der Waals surface area contributed by atoms with Gasteiger partial charge >= 0.3 is 0 Å². The predicted molar refractivity (Wildman–Crippen MR) is 104 cm³/mol. The Labute approximate surface area is 148 Å². The van der Waals surface area contributed by atoms with Gasteiger partial charge in [-0.1, -0.05) is 0 Å². The third-order valence-electron chi connectivity index (χ3n) is 2.85. The molecular weight excluding hydrogens is 326 g/mol. The van der Waals surface area contributed by atoms with Gasteiger partial charge < -0.3 is 31.7 Å². The smallest absolute Gasteiger partial charge is 0.175 e. The highest BCUT2D eigenvalue weighted by Gasteiger charge is 2.00. The first kappa shape index (κ1) is 21.6. The topological polar surface area (TPSA) is 109 Å². The Hall–Kier alpha value is -2.35. The summed E-state index contributed by atoms with van der Waals surface area (Å²) in [6, 6.07) is 15.3. The Morgan fingerprint density at radius 3 is 1.42 bits per heavy atom. The highest BCUT2D eigenvalue weighted by molar-refractivity contribution is 7.80. The first-order valence-corrected chi connectivity index (χ1v) is 7.65. The summed E-state index contributed by atoms with van der Waals surface area (Å²) < 4.78 is 10.8. The summed E-state index contributed by atoms with van der Waals surface area (Å²) in [7, 11) is 0. The van der Waals surface area contributed by atoms with Gasteiger partial charge in [0.05, 0.1) is 13.2 Å². The van der Waals surface area contributed by atoms with Crippen LogP contribution in [0.1, 0.15) is 13.8 Å². The molecule has 7 N–H and O–H groups in total. The molecule has 24 heavy (non-hydrogen) atoms. The SMILES string of the molecule is CCOc1ccc(NC(=S)Nc2ccc(OCC)cc2)cc1.N.O. The molecular formula is C17H25N3O3S. The molecule has 6 nitrogen and oxygen atoms in total. The third-order valence-corrected chi connectivity index (χ3v) is 3.05. The number of hydrogen-bond acceptors (Lipinski definition) is 4. The van der Waals surface area contributed by atoms with E-state index in [1.165, 1.54) is 0 Å². The summed E-state index contributed by atoms with van der Waals surface area (Å²) in [5.41, 5.74) is 1.82. The number of anilines is 2. The molecule has 2 aromatic rings. The lowest BCUT2D eigenvalue weighted by Crippen LogP contribution is -2.18. The molecule has 132 valence electrons. The van der Waals surface area contributed by atoms with E-state index in [2.05, 4.69) is 10.6 Å². The normalized spacial score (nSPS) is 9.08. The summed E-state index contributed by atoms with van der Waals surface area (Å²) in [6.07, 6.45) is 0. The first-order chi connectivity index (χ1) is 10.7. The maximum atomic E-state index is 5.40. The van der Waals surface area contributed by atoms with Crippen LogP contribution in [0.2, 0.25) is 0 Å². The molecule has 0 saturated heterocycles. The van der Waals surface area contributed by atoms with Crippen LogP contribution >= 0.6 is 12.2 Å². The summed E-state index contributed by atoms with van der Waals surface area (Å²) in [4.78, 5) is 0. The lowest BCUT2D eigenvalue weighted by atomic mass is 10.3. The number of thiocarbonyl (C=S) groups is 1. The standard InChI is InChI=1S/C17H20N2O2S.H3N.H2O/c1-3-20-15-9-5-13(6-10-15)18-17(22)19-14-7-11-16(12-8-14)21-4-2;;/h5-12H,3-4H2,1-2H3,(H2,18,19,22);1H3;1H2. The van der Waals surface area contributed by atoms with Gasteiger partial charge in [0.1, 0.15) is 11.5 Å². The van der Waals surface area contributed by atoms with Crippen molar-refractivity contribution in [2.45, 2.75) is 13.8 Å². The fraction of sp³-hybridized carbons (Fsp3) is 0.235. The zero-order valence-corrected chi connectivity index (χ0v) is 14.8. The molecule has 0 radical (unpaired) electrons. The van der Waals surface area contributed by atoms with E-state index in [1.807, 2.05) is 62.4 Å². The van der Waals surface area contributed by atoms with E-state index in [4.69, 9.17) is 21.7 Å². The molecule has 0 aliphatic carbocycles. The van der Waals surface area contributed by atoms with Crippen LogP contribution in [0.25, 0.3) is 0 Å². The molecule has 0 saturated carbocycles. The molecule has 0 amide bonds. The number of nitrogens with one attached hydrogen (secondary N) is 2. The first-order valence-electron chi connectivity index (χ1n) is 7.25. The van der Waals surface area contributed by atoms with Crippen molar-refractivity contribution in [3.8, 4) is 11.5 Å².